The molecule has 0 aliphatic heterocycles. The molecule has 0 spiro atoms. The van der Waals surface area contributed by atoms with E-state index in [4.69, 9.17) is 17.3 Å². The van der Waals surface area contributed by atoms with E-state index in [1.165, 1.54) is 5.56 Å². The van der Waals surface area contributed by atoms with Crippen LogP contribution in [0.1, 0.15) is 22.5 Å². The molecule has 4 heteroatoms. The first-order valence-corrected chi connectivity index (χ1v) is 6.44. The van der Waals surface area contributed by atoms with Gasteiger partial charge in [-0.15, -0.1) is 0 Å². The number of aromatic nitrogens is 2. The Hall–Kier alpha value is -1.32. The smallest absolute Gasteiger partial charge is 0.0692 e. The Morgan fingerprint density at radius 3 is 2.67 bits per heavy atom. The third-order valence-corrected chi connectivity index (χ3v) is 3.71. The minimum absolute atomic E-state index is 0.641. The topological polar surface area (TPSA) is 43.8 Å². The Bertz CT molecular complexity index is 573. The van der Waals surface area contributed by atoms with E-state index in [0.29, 0.717) is 6.54 Å². The van der Waals surface area contributed by atoms with E-state index in [9.17, 15) is 0 Å². The van der Waals surface area contributed by atoms with Crippen LogP contribution in [0.5, 0.6) is 0 Å². The summed E-state index contributed by atoms with van der Waals surface area (Å²) in [5.41, 5.74) is 11.1. The third-order valence-electron chi connectivity index (χ3n) is 3.30. The van der Waals surface area contributed by atoms with Gasteiger partial charge in [-0.25, -0.2) is 4.68 Å². The number of benzene rings is 1. The maximum atomic E-state index is 6.16. The highest BCUT2D eigenvalue weighted by Crippen LogP contribution is 2.25. The number of nitrogens with two attached hydrogens (primary N) is 1. The van der Waals surface area contributed by atoms with Crippen molar-refractivity contribution >= 4 is 11.6 Å². The van der Waals surface area contributed by atoms with Gasteiger partial charge in [0.15, 0.2) is 0 Å². The summed E-state index contributed by atoms with van der Waals surface area (Å²) < 4.78 is 1.96. The molecule has 1 aromatic heterocycles. The van der Waals surface area contributed by atoms with Crippen molar-refractivity contribution in [3.63, 3.8) is 0 Å². The lowest BCUT2D eigenvalue weighted by Crippen LogP contribution is -2.05. The zero-order valence-corrected chi connectivity index (χ0v) is 11.8. The average Bonchev–Trinajstić information content (AvgIpc) is 2.61. The lowest BCUT2D eigenvalue weighted by Gasteiger charge is -2.09. The molecule has 96 valence electrons. The highest BCUT2D eigenvalue weighted by Gasteiger charge is 2.14. The van der Waals surface area contributed by atoms with Gasteiger partial charge in [0.2, 0.25) is 0 Å². The minimum Gasteiger partial charge on any atom is -0.330 e. The Morgan fingerprint density at radius 2 is 2.00 bits per heavy atom. The van der Waals surface area contributed by atoms with Gasteiger partial charge in [0.05, 0.1) is 11.4 Å². The van der Waals surface area contributed by atoms with Crippen molar-refractivity contribution in [2.24, 2.45) is 5.73 Å². The van der Waals surface area contributed by atoms with Gasteiger partial charge < -0.3 is 5.73 Å². The van der Waals surface area contributed by atoms with E-state index in [1.54, 1.807) is 0 Å². The van der Waals surface area contributed by atoms with Crippen LogP contribution in [-0.2, 0) is 6.42 Å². The molecule has 2 aromatic rings. The average molecular weight is 264 g/mol. The highest BCUT2D eigenvalue weighted by molar-refractivity contribution is 6.31. The second-order valence-electron chi connectivity index (χ2n) is 4.48. The standard InChI is InChI=1S/C14H18ClN3/c1-9-13(15)5-4-6-14(9)18-11(3)12(7-8-16)10(2)17-18/h4-6H,7-8,16H2,1-3H3. The number of halogens is 1. The van der Waals surface area contributed by atoms with Gasteiger partial charge in [0.1, 0.15) is 0 Å². The number of aryl methyl sites for hydroxylation is 1. The molecule has 2 rings (SSSR count). The number of rotatable bonds is 3. The fourth-order valence-electron chi connectivity index (χ4n) is 2.24. The van der Waals surface area contributed by atoms with Crippen LogP contribution in [-0.4, -0.2) is 16.3 Å². The first kappa shape index (κ1) is 13.1. The van der Waals surface area contributed by atoms with E-state index in [-0.39, 0.29) is 0 Å². The molecule has 0 aliphatic carbocycles. The van der Waals surface area contributed by atoms with Crippen LogP contribution in [0.2, 0.25) is 5.02 Å². The number of nitrogens with zero attached hydrogens (tertiary/aromatic N) is 2. The summed E-state index contributed by atoms with van der Waals surface area (Å²) in [6.45, 7) is 6.75. The summed E-state index contributed by atoms with van der Waals surface area (Å²) in [7, 11) is 0. The van der Waals surface area contributed by atoms with Crippen LogP contribution >= 0.6 is 11.6 Å². The summed E-state index contributed by atoms with van der Waals surface area (Å²) in [4.78, 5) is 0. The first-order valence-electron chi connectivity index (χ1n) is 6.07. The molecule has 0 amide bonds. The molecule has 0 radical (unpaired) electrons. The van der Waals surface area contributed by atoms with E-state index in [2.05, 4.69) is 12.0 Å². The van der Waals surface area contributed by atoms with E-state index in [1.807, 2.05) is 36.7 Å². The highest BCUT2D eigenvalue weighted by atomic mass is 35.5. The van der Waals surface area contributed by atoms with Crippen LogP contribution in [0.25, 0.3) is 5.69 Å². The maximum absolute atomic E-state index is 6.16. The predicted octanol–water partition coefficient (Wildman–Crippen LogP) is 2.95. The van der Waals surface area contributed by atoms with Crippen molar-refractivity contribution in [1.82, 2.24) is 9.78 Å². The zero-order valence-electron chi connectivity index (χ0n) is 11.0. The monoisotopic (exact) mass is 263 g/mol. The third kappa shape index (κ3) is 2.16. The van der Waals surface area contributed by atoms with E-state index >= 15 is 0 Å². The molecule has 0 fully saturated rings. The normalized spacial score (nSPS) is 10.9. The Labute approximate surface area is 113 Å². The second kappa shape index (κ2) is 5.12. The number of hydrogen-bond acceptors (Lipinski definition) is 2. The molecular formula is C14H18ClN3. The summed E-state index contributed by atoms with van der Waals surface area (Å²) in [5.74, 6) is 0. The molecule has 1 heterocycles. The molecule has 0 atom stereocenters. The quantitative estimate of drug-likeness (QED) is 0.925. The molecular weight excluding hydrogens is 246 g/mol. The van der Waals surface area contributed by atoms with Crippen LogP contribution in [0.15, 0.2) is 18.2 Å². The van der Waals surface area contributed by atoms with Gasteiger partial charge in [0.25, 0.3) is 0 Å². The summed E-state index contributed by atoms with van der Waals surface area (Å²) in [6, 6.07) is 5.88. The molecule has 0 saturated heterocycles. The van der Waals surface area contributed by atoms with Gasteiger partial charge in [-0.1, -0.05) is 17.7 Å². The van der Waals surface area contributed by atoms with Crippen molar-refractivity contribution in [2.45, 2.75) is 27.2 Å². The zero-order chi connectivity index (χ0) is 13.3. The van der Waals surface area contributed by atoms with Gasteiger partial charge in [0, 0.05) is 10.7 Å². The second-order valence-corrected chi connectivity index (χ2v) is 4.89. The minimum atomic E-state index is 0.641. The van der Waals surface area contributed by atoms with Crippen molar-refractivity contribution in [1.29, 1.82) is 0 Å². The summed E-state index contributed by atoms with van der Waals surface area (Å²) in [6.07, 6.45) is 0.858. The predicted molar refractivity (Wildman–Crippen MR) is 75.5 cm³/mol. The van der Waals surface area contributed by atoms with Crippen LogP contribution in [0.4, 0.5) is 0 Å². The fourth-order valence-corrected chi connectivity index (χ4v) is 2.41. The lowest BCUT2D eigenvalue weighted by molar-refractivity contribution is 0.826. The van der Waals surface area contributed by atoms with Crippen LogP contribution in [0.3, 0.4) is 0 Å². The Kier molecular flexibility index (Phi) is 3.73. The van der Waals surface area contributed by atoms with Gasteiger partial charge >= 0.3 is 0 Å². The SMILES string of the molecule is Cc1nn(-c2cccc(Cl)c2C)c(C)c1CCN. The van der Waals surface area contributed by atoms with Crippen LogP contribution < -0.4 is 5.73 Å². The summed E-state index contributed by atoms with van der Waals surface area (Å²) >= 11 is 6.16. The summed E-state index contributed by atoms with van der Waals surface area (Å²) in [5, 5.41) is 5.37. The lowest BCUT2D eigenvalue weighted by atomic mass is 10.1. The van der Waals surface area contributed by atoms with Gasteiger partial charge in [-0.3, -0.25) is 0 Å². The molecule has 0 unspecified atom stereocenters. The Balaban J connectivity index is 2.58. The van der Waals surface area contributed by atoms with Crippen molar-refractivity contribution in [3.05, 3.63) is 45.7 Å². The molecule has 1 aromatic carbocycles. The maximum Gasteiger partial charge on any atom is 0.0692 e. The molecule has 0 aliphatic rings. The molecule has 2 N–H and O–H groups in total. The van der Waals surface area contributed by atoms with E-state index < -0.39 is 0 Å². The fraction of sp³-hybridized carbons (Fsp3) is 0.357. The van der Waals surface area contributed by atoms with Crippen LogP contribution in [0, 0.1) is 20.8 Å². The molecule has 0 bridgehead atoms. The molecule has 0 saturated carbocycles. The molecule has 18 heavy (non-hydrogen) atoms. The largest absolute Gasteiger partial charge is 0.330 e. The number of hydrogen-bond donors (Lipinski definition) is 1. The van der Waals surface area contributed by atoms with Crippen molar-refractivity contribution in [2.75, 3.05) is 6.54 Å². The first-order chi connectivity index (χ1) is 8.56. The Morgan fingerprint density at radius 1 is 1.28 bits per heavy atom. The van der Waals surface area contributed by atoms with Gasteiger partial charge in [-0.2, -0.15) is 5.10 Å². The van der Waals surface area contributed by atoms with Gasteiger partial charge in [-0.05, 0) is 57.0 Å². The molecule has 3 nitrogen and oxygen atoms in total. The van der Waals surface area contributed by atoms with Crippen molar-refractivity contribution < 1.29 is 0 Å². The van der Waals surface area contributed by atoms with E-state index in [0.717, 1.165) is 34.1 Å². The van der Waals surface area contributed by atoms with Crippen molar-refractivity contribution in [3.8, 4) is 5.69 Å².